The summed E-state index contributed by atoms with van der Waals surface area (Å²) in [6.07, 6.45) is 6.46. The summed E-state index contributed by atoms with van der Waals surface area (Å²) < 4.78 is 6.41. The average Bonchev–Trinajstić information content (AvgIpc) is 3.07. The van der Waals surface area contributed by atoms with Crippen molar-refractivity contribution in [2.45, 2.75) is 32.0 Å². The monoisotopic (exact) mass is 266 g/mol. The number of hydrogen-bond donors (Lipinski definition) is 1. The molecule has 1 N–H and O–H groups in total. The average molecular weight is 266 g/mol. The number of rotatable bonds is 3. The molecule has 19 heavy (non-hydrogen) atoms. The van der Waals surface area contributed by atoms with Gasteiger partial charge < -0.3 is 19.5 Å². The first-order valence-electron chi connectivity index (χ1n) is 6.26. The molecule has 0 saturated carbocycles. The topological polar surface area (TPSA) is 76.5 Å². The van der Waals surface area contributed by atoms with E-state index in [4.69, 9.17) is 0 Å². The molecule has 0 bridgehead atoms. The van der Waals surface area contributed by atoms with Crippen molar-refractivity contribution in [3.8, 4) is 0 Å². The van der Waals surface area contributed by atoms with Crippen LogP contribution in [-0.4, -0.2) is 46.1 Å². The smallest absolute Gasteiger partial charge is 0.407 e. The van der Waals surface area contributed by atoms with Gasteiger partial charge in [-0.3, -0.25) is 4.79 Å². The van der Waals surface area contributed by atoms with Crippen LogP contribution in [0.2, 0.25) is 0 Å². The summed E-state index contributed by atoms with van der Waals surface area (Å²) in [5.41, 5.74) is 0. The van der Waals surface area contributed by atoms with Crippen LogP contribution in [0, 0.1) is 0 Å². The van der Waals surface area contributed by atoms with Crippen LogP contribution >= 0.6 is 0 Å². The minimum atomic E-state index is -0.600. The number of imidazole rings is 1. The van der Waals surface area contributed by atoms with Gasteiger partial charge >= 0.3 is 6.09 Å². The molecule has 2 rings (SSSR count). The summed E-state index contributed by atoms with van der Waals surface area (Å²) in [6, 6.07) is -0.600. The molecule has 0 unspecified atom stereocenters. The van der Waals surface area contributed by atoms with E-state index < -0.39 is 12.1 Å². The van der Waals surface area contributed by atoms with E-state index in [0.29, 0.717) is 6.54 Å². The molecule has 2 amide bonds. The number of hydrogen-bond acceptors (Lipinski definition) is 4. The number of likely N-dealkylation sites (tertiary alicyclic amines) is 1. The zero-order valence-corrected chi connectivity index (χ0v) is 11.1. The van der Waals surface area contributed by atoms with E-state index in [1.54, 1.807) is 24.3 Å². The highest BCUT2D eigenvalue weighted by atomic mass is 16.5. The van der Waals surface area contributed by atoms with Crippen molar-refractivity contribution in [3.05, 3.63) is 18.7 Å². The number of ether oxygens (including phenoxy) is 1. The van der Waals surface area contributed by atoms with Crippen LogP contribution < -0.4 is 5.32 Å². The molecule has 7 heteroatoms. The van der Waals surface area contributed by atoms with Crippen molar-refractivity contribution >= 4 is 12.0 Å². The molecule has 104 valence electrons. The molecule has 2 atom stereocenters. The molecule has 7 nitrogen and oxygen atoms in total. The van der Waals surface area contributed by atoms with Gasteiger partial charge in [0.1, 0.15) is 12.2 Å². The Balaban J connectivity index is 2.03. The maximum atomic E-state index is 12.3. The Labute approximate surface area is 111 Å². The van der Waals surface area contributed by atoms with Gasteiger partial charge in [-0.2, -0.15) is 0 Å². The Morgan fingerprint density at radius 1 is 1.53 bits per heavy atom. The largest absolute Gasteiger partial charge is 0.453 e. The number of alkyl carbamates (subject to hydrolysis) is 1. The maximum Gasteiger partial charge on any atom is 0.407 e. The van der Waals surface area contributed by atoms with Gasteiger partial charge in [0.2, 0.25) is 5.91 Å². The molecule has 1 aromatic rings. The first kappa shape index (κ1) is 13.4. The lowest BCUT2D eigenvalue weighted by Crippen LogP contribution is -2.47. The minimum Gasteiger partial charge on any atom is -0.453 e. The van der Waals surface area contributed by atoms with Gasteiger partial charge in [-0.05, 0) is 19.8 Å². The molecule has 1 saturated heterocycles. The fourth-order valence-electron chi connectivity index (χ4n) is 2.31. The number of aromatic nitrogens is 2. The Morgan fingerprint density at radius 3 is 2.95 bits per heavy atom. The lowest BCUT2D eigenvalue weighted by Gasteiger charge is -2.28. The van der Waals surface area contributed by atoms with Crippen LogP contribution in [-0.2, 0) is 9.53 Å². The van der Waals surface area contributed by atoms with Crippen LogP contribution in [0.3, 0.4) is 0 Å². The van der Waals surface area contributed by atoms with Crippen LogP contribution in [0.5, 0.6) is 0 Å². The summed E-state index contributed by atoms with van der Waals surface area (Å²) in [7, 11) is 1.27. The molecule has 1 aromatic heterocycles. The maximum absolute atomic E-state index is 12.3. The molecule has 0 aliphatic carbocycles. The van der Waals surface area contributed by atoms with Crippen LogP contribution in [0.1, 0.15) is 25.9 Å². The van der Waals surface area contributed by atoms with Gasteiger partial charge in [-0.25, -0.2) is 9.78 Å². The number of nitrogens with one attached hydrogen (secondary N) is 1. The van der Waals surface area contributed by atoms with Crippen molar-refractivity contribution in [2.75, 3.05) is 13.7 Å². The Morgan fingerprint density at radius 2 is 2.32 bits per heavy atom. The summed E-state index contributed by atoms with van der Waals surface area (Å²) in [5.74, 6) is -0.110. The number of carbonyl (C=O) groups excluding carboxylic acids is 2. The zero-order chi connectivity index (χ0) is 13.8. The van der Waals surface area contributed by atoms with Gasteiger partial charge in [-0.1, -0.05) is 0 Å². The highest BCUT2D eigenvalue weighted by Crippen LogP contribution is 2.27. The second kappa shape index (κ2) is 5.73. The molecular formula is C12H18N4O3. The molecule has 1 fully saturated rings. The quantitative estimate of drug-likeness (QED) is 0.875. The third kappa shape index (κ3) is 2.86. The third-order valence-electron chi connectivity index (χ3n) is 3.26. The Bertz CT molecular complexity index is 446. The first-order valence-corrected chi connectivity index (χ1v) is 6.26. The number of amides is 2. The summed E-state index contributed by atoms with van der Waals surface area (Å²) in [5, 5.41) is 2.49. The first-order chi connectivity index (χ1) is 9.13. The van der Waals surface area contributed by atoms with Gasteiger partial charge in [0.05, 0.1) is 13.4 Å². The molecular weight excluding hydrogens is 248 g/mol. The minimum absolute atomic E-state index is 0.0168. The molecule has 0 aromatic carbocycles. The summed E-state index contributed by atoms with van der Waals surface area (Å²) in [6.45, 7) is 2.34. The predicted octanol–water partition coefficient (Wildman–Crippen LogP) is 0.749. The molecule has 1 aliphatic rings. The molecule has 1 aliphatic heterocycles. The van der Waals surface area contributed by atoms with E-state index in [2.05, 4.69) is 15.0 Å². The van der Waals surface area contributed by atoms with E-state index in [1.165, 1.54) is 7.11 Å². The van der Waals surface area contributed by atoms with Crippen LogP contribution in [0.4, 0.5) is 4.79 Å². The number of nitrogens with zero attached hydrogens (tertiary/aromatic N) is 3. The van der Waals surface area contributed by atoms with Crippen molar-refractivity contribution in [3.63, 3.8) is 0 Å². The van der Waals surface area contributed by atoms with Gasteiger partial charge in [-0.15, -0.1) is 0 Å². The fourth-order valence-corrected chi connectivity index (χ4v) is 2.31. The Kier molecular flexibility index (Phi) is 4.03. The lowest BCUT2D eigenvalue weighted by molar-refractivity contribution is -0.135. The van der Waals surface area contributed by atoms with Gasteiger partial charge in [0, 0.05) is 18.9 Å². The van der Waals surface area contributed by atoms with Crippen molar-refractivity contribution in [1.82, 2.24) is 19.8 Å². The lowest BCUT2D eigenvalue weighted by atomic mass is 10.3. The third-order valence-corrected chi connectivity index (χ3v) is 3.26. The van der Waals surface area contributed by atoms with E-state index >= 15 is 0 Å². The Hall–Kier alpha value is -2.05. The van der Waals surface area contributed by atoms with Gasteiger partial charge in [0.15, 0.2) is 0 Å². The van der Waals surface area contributed by atoms with E-state index in [9.17, 15) is 9.59 Å². The van der Waals surface area contributed by atoms with Crippen molar-refractivity contribution in [2.24, 2.45) is 0 Å². The van der Waals surface area contributed by atoms with E-state index in [0.717, 1.165) is 12.8 Å². The second-order valence-corrected chi connectivity index (χ2v) is 4.52. The van der Waals surface area contributed by atoms with Crippen molar-refractivity contribution in [1.29, 1.82) is 0 Å². The van der Waals surface area contributed by atoms with Crippen LogP contribution in [0.15, 0.2) is 18.7 Å². The van der Waals surface area contributed by atoms with Crippen LogP contribution in [0.25, 0.3) is 0 Å². The second-order valence-electron chi connectivity index (χ2n) is 4.52. The molecule has 0 radical (unpaired) electrons. The highest BCUT2D eigenvalue weighted by molar-refractivity contribution is 5.85. The number of carbonyl (C=O) groups is 2. The molecule has 0 spiro atoms. The van der Waals surface area contributed by atoms with Crippen molar-refractivity contribution < 1.29 is 14.3 Å². The zero-order valence-electron chi connectivity index (χ0n) is 11.1. The highest BCUT2D eigenvalue weighted by Gasteiger charge is 2.32. The summed E-state index contributed by atoms with van der Waals surface area (Å²) in [4.78, 5) is 29.2. The summed E-state index contributed by atoms with van der Waals surface area (Å²) >= 11 is 0. The normalized spacial score (nSPS) is 20.1. The van der Waals surface area contributed by atoms with E-state index in [1.807, 2.05) is 10.8 Å². The van der Waals surface area contributed by atoms with Gasteiger partial charge in [0.25, 0.3) is 0 Å². The molecule has 2 heterocycles. The standard InChI is InChI=1S/C12H18N4O3/c1-9(14-12(18)19-2)11(17)16-6-3-4-10(16)15-7-5-13-8-15/h5,7-10H,3-4,6H2,1-2H3,(H,14,18)/t9-,10-/m0/s1. The van der Waals surface area contributed by atoms with E-state index in [-0.39, 0.29) is 12.1 Å². The SMILES string of the molecule is COC(=O)N[C@@H](C)C(=O)N1CCC[C@H]1n1ccnc1. The predicted molar refractivity (Wildman–Crippen MR) is 67.2 cm³/mol. The number of methoxy groups -OCH3 is 1. The fraction of sp³-hybridized carbons (Fsp3) is 0.583.